The summed E-state index contributed by atoms with van der Waals surface area (Å²) in [5, 5.41) is 2.66. The van der Waals surface area contributed by atoms with E-state index in [9.17, 15) is 18.0 Å². The van der Waals surface area contributed by atoms with Crippen molar-refractivity contribution < 1.29 is 18.0 Å². The molecule has 0 aliphatic rings. The van der Waals surface area contributed by atoms with Gasteiger partial charge in [-0.15, -0.1) is 12.4 Å². The van der Waals surface area contributed by atoms with Crippen molar-refractivity contribution in [3.63, 3.8) is 0 Å². The number of nitrogens with two attached hydrogens (primary N) is 1. The molecule has 0 heterocycles. The number of carbonyl (C=O) groups excluding carboxylic acids is 1. The largest absolute Gasteiger partial charge is 0.389 e. The number of amides is 1. The van der Waals surface area contributed by atoms with E-state index >= 15 is 0 Å². The SMILES string of the molecule is CC(C)C[C@H](N)C(=O)Nc1ccc(CCC(F)(F)F)cc1.Cl. The number of hydrogen-bond donors (Lipinski definition) is 2. The Labute approximate surface area is 134 Å². The van der Waals surface area contributed by atoms with E-state index in [-0.39, 0.29) is 24.7 Å². The average molecular weight is 339 g/mol. The first kappa shape index (κ1) is 20.7. The van der Waals surface area contributed by atoms with Crippen LogP contribution >= 0.6 is 12.4 Å². The van der Waals surface area contributed by atoms with Crippen LogP contribution in [0.15, 0.2) is 24.3 Å². The Morgan fingerprint density at radius 1 is 1.23 bits per heavy atom. The molecular weight excluding hydrogens is 317 g/mol. The highest BCUT2D eigenvalue weighted by Gasteiger charge is 2.26. The van der Waals surface area contributed by atoms with Crippen molar-refractivity contribution in [2.75, 3.05) is 5.32 Å². The van der Waals surface area contributed by atoms with E-state index in [1.165, 1.54) is 0 Å². The van der Waals surface area contributed by atoms with Crippen molar-refractivity contribution in [3.05, 3.63) is 29.8 Å². The molecule has 22 heavy (non-hydrogen) atoms. The van der Waals surface area contributed by atoms with E-state index in [2.05, 4.69) is 5.32 Å². The van der Waals surface area contributed by atoms with Gasteiger partial charge in [0.1, 0.15) is 0 Å². The Balaban J connectivity index is 0.00000441. The lowest BCUT2D eigenvalue weighted by atomic mass is 10.0. The van der Waals surface area contributed by atoms with Crippen molar-refractivity contribution in [2.45, 2.75) is 45.3 Å². The van der Waals surface area contributed by atoms with Crippen LogP contribution in [0.2, 0.25) is 0 Å². The fraction of sp³-hybridized carbons (Fsp3) is 0.533. The average Bonchev–Trinajstić information content (AvgIpc) is 2.36. The van der Waals surface area contributed by atoms with Gasteiger partial charge in [-0.1, -0.05) is 26.0 Å². The van der Waals surface area contributed by atoms with Gasteiger partial charge >= 0.3 is 6.18 Å². The number of carbonyl (C=O) groups is 1. The minimum absolute atomic E-state index is 0. The van der Waals surface area contributed by atoms with Crippen LogP contribution in [0.25, 0.3) is 0 Å². The molecule has 0 spiro atoms. The van der Waals surface area contributed by atoms with Gasteiger partial charge < -0.3 is 11.1 Å². The molecule has 7 heteroatoms. The van der Waals surface area contributed by atoms with Crippen LogP contribution in [0.4, 0.5) is 18.9 Å². The normalized spacial score (nSPS) is 12.7. The highest BCUT2D eigenvalue weighted by molar-refractivity contribution is 5.94. The van der Waals surface area contributed by atoms with Gasteiger partial charge in [0.05, 0.1) is 6.04 Å². The predicted molar refractivity (Wildman–Crippen MR) is 84.1 cm³/mol. The molecule has 126 valence electrons. The van der Waals surface area contributed by atoms with E-state index in [0.29, 0.717) is 23.6 Å². The summed E-state index contributed by atoms with van der Waals surface area (Å²) in [6.45, 7) is 3.95. The molecule has 1 amide bonds. The number of halogens is 4. The number of alkyl halides is 3. The summed E-state index contributed by atoms with van der Waals surface area (Å²) < 4.78 is 36.3. The van der Waals surface area contributed by atoms with Gasteiger partial charge in [0.2, 0.25) is 5.91 Å². The standard InChI is InChI=1S/C15H21F3N2O.ClH/c1-10(2)9-13(19)14(21)20-12-5-3-11(4-6-12)7-8-15(16,17)18;/h3-6,10,13H,7-9,19H2,1-2H3,(H,20,21);1H/t13-;/m0./s1. The zero-order chi connectivity index (χ0) is 16.0. The van der Waals surface area contributed by atoms with Crippen molar-refractivity contribution in [1.82, 2.24) is 0 Å². The third-order valence-corrected chi connectivity index (χ3v) is 2.98. The zero-order valence-corrected chi connectivity index (χ0v) is 13.4. The number of nitrogens with one attached hydrogen (secondary N) is 1. The smallest absolute Gasteiger partial charge is 0.325 e. The summed E-state index contributed by atoms with van der Waals surface area (Å²) in [5.74, 6) is 0.0298. The second kappa shape index (κ2) is 9.00. The van der Waals surface area contributed by atoms with Crippen molar-refractivity contribution in [2.24, 2.45) is 11.7 Å². The van der Waals surface area contributed by atoms with Gasteiger partial charge in [-0.2, -0.15) is 13.2 Å². The summed E-state index contributed by atoms with van der Waals surface area (Å²) in [6, 6.07) is 5.75. The number of rotatable bonds is 6. The van der Waals surface area contributed by atoms with Crippen LogP contribution < -0.4 is 11.1 Å². The molecular formula is C15H22ClF3N2O. The second-order valence-electron chi connectivity index (χ2n) is 5.54. The Kier molecular flexibility index (Phi) is 8.48. The summed E-state index contributed by atoms with van der Waals surface area (Å²) in [4.78, 5) is 11.8. The Morgan fingerprint density at radius 2 is 1.77 bits per heavy atom. The van der Waals surface area contributed by atoms with E-state index in [1.807, 2.05) is 13.8 Å². The highest BCUT2D eigenvalue weighted by atomic mass is 35.5. The van der Waals surface area contributed by atoms with Gasteiger partial charge in [0, 0.05) is 12.1 Å². The first-order valence-electron chi connectivity index (χ1n) is 6.89. The minimum Gasteiger partial charge on any atom is -0.325 e. The third-order valence-electron chi connectivity index (χ3n) is 2.98. The molecule has 0 aliphatic heterocycles. The van der Waals surface area contributed by atoms with E-state index in [1.54, 1.807) is 24.3 Å². The molecule has 0 bridgehead atoms. The first-order valence-corrected chi connectivity index (χ1v) is 6.89. The van der Waals surface area contributed by atoms with Crippen LogP contribution in [0.3, 0.4) is 0 Å². The Morgan fingerprint density at radius 3 is 2.23 bits per heavy atom. The van der Waals surface area contributed by atoms with Crippen LogP contribution in [0.1, 0.15) is 32.3 Å². The van der Waals surface area contributed by atoms with Crippen molar-refractivity contribution in [3.8, 4) is 0 Å². The lowest BCUT2D eigenvalue weighted by Crippen LogP contribution is -2.36. The molecule has 0 saturated carbocycles. The first-order chi connectivity index (χ1) is 9.67. The van der Waals surface area contributed by atoms with Gasteiger partial charge in [0.15, 0.2) is 0 Å². The molecule has 0 fully saturated rings. The van der Waals surface area contributed by atoms with Crippen molar-refractivity contribution >= 4 is 24.0 Å². The second-order valence-corrected chi connectivity index (χ2v) is 5.54. The van der Waals surface area contributed by atoms with Crippen molar-refractivity contribution in [1.29, 1.82) is 0 Å². The van der Waals surface area contributed by atoms with Crippen LogP contribution in [0, 0.1) is 5.92 Å². The monoisotopic (exact) mass is 338 g/mol. The fourth-order valence-corrected chi connectivity index (χ4v) is 1.89. The number of anilines is 1. The molecule has 0 saturated heterocycles. The summed E-state index contributed by atoms with van der Waals surface area (Å²) >= 11 is 0. The maximum Gasteiger partial charge on any atom is 0.389 e. The van der Waals surface area contributed by atoms with Crippen LogP contribution in [0.5, 0.6) is 0 Å². The molecule has 0 aromatic heterocycles. The molecule has 0 radical (unpaired) electrons. The molecule has 1 aromatic rings. The lowest BCUT2D eigenvalue weighted by molar-refractivity contribution is -0.134. The third kappa shape index (κ3) is 8.24. The molecule has 3 N–H and O–H groups in total. The summed E-state index contributed by atoms with van der Waals surface area (Å²) in [5.41, 5.74) is 6.87. The Bertz CT molecular complexity index is 461. The zero-order valence-electron chi connectivity index (χ0n) is 12.6. The van der Waals surface area contributed by atoms with Gasteiger partial charge in [-0.05, 0) is 36.5 Å². The highest BCUT2D eigenvalue weighted by Crippen LogP contribution is 2.22. The van der Waals surface area contributed by atoms with E-state index < -0.39 is 18.6 Å². The van der Waals surface area contributed by atoms with Gasteiger partial charge in [-0.25, -0.2) is 0 Å². The van der Waals surface area contributed by atoms with Crippen LogP contribution in [-0.4, -0.2) is 18.1 Å². The van der Waals surface area contributed by atoms with Crippen LogP contribution in [-0.2, 0) is 11.2 Å². The fourth-order valence-electron chi connectivity index (χ4n) is 1.89. The van der Waals surface area contributed by atoms with E-state index in [0.717, 1.165) is 0 Å². The molecule has 1 rings (SSSR count). The lowest BCUT2D eigenvalue weighted by Gasteiger charge is -2.14. The molecule has 1 atom stereocenters. The predicted octanol–water partition coefficient (Wildman–Crippen LogP) is 3.92. The number of benzene rings is 1. The van der Waals surface area contributed by atoms with E-state index in [4.69, 9.17) is 5.73 Å². The number of aryl methyl sites for hydroxylation is 1. The molecule has 1 aromatic carbocycles. The maximum atomic E-state index is 12.1. The summed E-state index contributed by atoms with van der Waals surface area (Å²) in [7, 11) is 0. The number of hydrogen-bond acceptors (Lipinski definition) is 2. The summed E-state index contributed by atoms with van der Waals surface area (Å²) in [6.07, 6.45) is -4.49. The van der Waals surface area contributed by atoms with Gasteiger partial charge in [-0.3, -0.25) is 4.79 Å². The molecule has 3 nitrogen and oxygen atoms in total. The quantitative estimate of drug-likeness (QED) is 0.826. The maximum absolute atomic E-state index is 12.1. The molecule has 0 aliphatic carbocycles. The molecule has 0 unspecified atom stereocenters. The Hall–Kier alpha value is -1.27. The minimum atomic E-state index is -4.16. The van der Waals surface area contributed by atoms with Gasteiger partial charge in [0.25, 0.3) is 0 Å². The topological polar surface area (TPSA) is 55.1 Å².